The van der Waals surface area contributed by atoms with Gasteiger partial charge < -0.3 is 10.2 Å². The highest BCUT2D eigenvalue weighted by Gasteiger charge is 2.39. The number of likely N-dealkylation sites (tertiary alicyclic amines) is 1. The summed E-state index contributed by atoms with van der Waals surface area (Å²) in [5.41, 5.74) is 0.754. The molecule has 0 spiro atoms. The average Bonchev–Trinajstić information content (AvgIpc) is 2.99. The molecule has 2 amide bonds. The first-order chi connectivity index (χ1) is 10.6. The molecule has 1 N–H and O–H groups in total. The lowest BCUT2D eigenvalue weighted by molar-refractivity contribution is -0.132. The number of hydrogen-bond donors (Lipinski definition) is 1. The Morgan fingerprint density at radius 3 is 2.57 bits per heavy atom. The van der Waals surface area contributed by atoms with Gasteiger partial charge in [0.25, 0.3) is 0 Å². The molecule has 1 atom stereocenters. The van der Waals surface area contributed by atoms with Crippen LogP contribution >= 0.6 is 11.3 Å². The van der Waals surface area contributed by atoms with E-state index >= 15 is 0 Å². The summed E-state index contributed by atoms with van der Waals surface area (Å²) in [6, 6.07) is 0. The maximum atomic E-state index is 12.4. The SMILES string of the molecule is Cc1nc(C(C)C)sc1CNC(=O)[C@H]1CC(=O)N(C(C)(C)C)C1. The highest BCUT2D eigenvalue weighted by atomic mass is 32.1. The first-order valence-corrected chi connectivity index (χ1v) is 8.95. The molecule has 1 fully saturated rings. The molecule has 1 aromatic rings. The van der Waals surface area contributed by atoms with E-state index < -0.39 is 0 Å². The normalized spacial score (nSPS) is 18.8. The maximum absolute atomic E-state index is 12.4. The molecule has 0 bridgehead atoms. The summed E-state index contributed by atoms with van der Waals surface area (Å²) in [5.74, 6) is 0.174. The highest BCUT2D eigenvalue weighted by molar-refractivity contribution is 7.11. The van der Waals surface area contributed by atoms with Gasteiger partial charge in [0, 0.05) is 29.3 Å². The van der Waals surface area contributed by atoms with Gasteiger partial charge >= 0.3 is 0 Å². The Bertz CT molecular complexity index is 601. The van der Waals surface area contributed by atoms with E-state index in [1.165, 1.54) is 0 Å². The number of amides is 2. The predicted molar refractivity (Wildman–Crippen MR) is 92.4 cm³/mol. The summed E-state index contributed by atoms with van der Waals surface area (Å²) in [5, 5.41) is 4.08. The lowest BCUT2D eigenvalue weighted by atomic mass is 10.1. The minimum absolute atomic E-state index is 0.0380. The second kappa shape index (κ2) is 6.59. The van der Waals surface area contributed by atoms with Gasteiger partial charge in [-0.3, -0.25) is 9.59 Å². The van der Waals surface area contributed by atoms with Crippen LogP contribution in [0, 0.1) is 12.8 Å². The average molecular weight is 337 g/mol. The molecule has 0 radical (unpaired) electrons. The van der Waals surface area contributed by atoms with Crippen LogP contribution in [0.4, 0.5) is 0 Å². The molecule has 0 saturated carbocycles. The molecule has 2 heterocycles. The van der Waals surface area contributed by atoms with Crippen molar-refractivity contribution in [1.82, 2.24) is 15.2 Å². The van der Waals surface area contributed by atoms with Crippen molar-refractivity contribution in [3.05, 3.63) is 15.6 Å². The van der Waals surface area contributed by atoms with Gasteiger partial charge in [0.1, 0.15) is 0 Å². The largest absolute Gasteiger partial charge is 0.351 e. The van der Waals surface area contributed by atoms with Gasteiger partial charge in [-0.1, -0.05) is 13.8 Å². The van der Waals surface area contributed by atoms with Crippen LogP contribution in [0.25, 0.3) is 0 Å². The molecule has 1 aliphatic heterocycles. The Morgan fingerprint density at radius 1 is 1.43 bits per heavy atom. The quantitative estimate of drug-likeness (QED) is 0.919. The third kappa shape index (κ3) is 4.10. The molecule has 1 aliphatic rings. The molecule has 2 rings (SSSR count). The van der Waals surface area contributed by atoms with Crippen molar-refractivity contribution in [1.29, 1.82) is 0 Å². The van der Waals surface area contributed by atoms with Crippen LogP contribution in [0.15, 0.2) is 0 Å². The van der Waals surface area contributed by atoms with Crippen LogP contribution in [0.5, 0.6) is 0 Å². The van der Waals surface area contributed by atoms with Crippen molar-refractivity contribution in [2.24, 2.45) is 5.92 Å². The van der Waals surface area contributed by atoms with Crippen LogP contribution < -0.4 is 5.32 Å². The van der Waals surface area contributed by atoms with Gasteiger partial charge in [0.15, 0.2) is 0 Å². The van der Waals surface area contributed by atoms with Crippen molar-refractivity contribution in [3.8, 4) is 0 Å². The summed E-state index contributed by atoms with van der Waals surface area (Å²) >= 11 is 1.65. The third-order valence-electron chi connectivity index (χ3n) is 4.13. The number of nitrogens with one attached hydrogen (secondary N) is 1. The minimum atomic E-state index is -0.250. The fourth-order valence-electron chi connectivity index (χ4n) is 2.70. The number of nitrogens with zero attached hydrogens (tertiary/aromatic N) is 2. The number of aryl methyl sites for hydroxylation is 1. The van der Waals surface area contributed by atoms with Crippen LogP contribution in [-0.2, 0) is 16.1 Å². The fraction of sp³-hybridized carbons (Fsp3) is 0.706. The zero-order chi connectivity index (χ0) is 17.4. The summed E-state index contributed by atoms with van der Waals surface area (Å²) in [6.07, 6.45) is 0.308. The third-order valence-corrected chi connectivity index (χ3v) is 5.59. The van der Waals surface area contributed by atoms with Crippen LogP contribution in [0.3, 0.4) is 0 Å². The van der Waals surface area contributed by atoms with Crippen LogP contribution in [-0.4, -0.2) is 33.8 Å². The van der Waals surface area contributed by atoms with E-state index in [0.29, 0.717) is 25.4 Å². The topological polar surface area (TPSA) is 62.3 Å². The number of carbonyl (C=O) groups excluding carboxylic acids is 2. The highest BCUT2D eigenvalue weighted by Crippen LogP contribution is 2.27. The number of thiazole rings is 1. The molecule has 23 heavy (non-hydrogen) atoms. The standard InChI is InChI=1S/C17H27N3O2S/c1-10(2)16-19-11(3)13(23-16)8-18-15(22)12-7-14(21)20(9-12)17(4,5)6/h10,12H,7-9H2,1-6H3,(H,18,22)/t12-/m0/s1. The van der Waals surface area contributed by atoms with Gasteiger partial charge in [-0.15, -0.1) is 11.3 Å². The Hall–Kier alpha value is -1.43. The number of carbonyl (C=O) groups is 2. The van der Waals surface area contributed by atoms with E-state index in [9.17, 15) is 9.59 Å². The lowest BCUT2D eigenvalue weighted by Gasteiger charge is -2.31. The lowest BCUT2D eigenvalue weighted by Crippen LogP contribution is -2.43. The zero-order valence-electron chi connectivity index (χ0n) is 14.9. The van der Waals surface area contributed by atoms with E-state index in [0.717, 1.165) is 15.6 Å². The summed E-state index contributed by atoms with van der Waals surface area (Å²) in [7, 11) is 0. The zero-order valence-corrected chi connectivity index (χ0v) is 15.7. The van der Waals surface area contributed by atoms with Crippen molar-refractivity contribution in [2.45, 2.75) is 66.0 Å². The number of rotatable bonds is 4. The molecule has 0 unspecified atom stereocenters. The molecule has 0 aromatic carbocycles. The molecule has 1 aromatic heterocycles. The van der Waals surface area contributed by atoms with Crippen molar-refractivity contribution < 1.29 is 9.59 Å². The van der Waals surface area contributed by atoms with Gasteiger partial charge in [-0.25, -0.2) is 4.98 Å². The summed E-state index contributed by atoms with van der Waals surface area (Å²) < 4.78 is 0. The van der Waals surface area contributed by atoms with E-state index in [1.807, 2.05) is 27.7 Å². The van der Waals surface area contributed by atoms with Crippen molar-refractivity contribution in [3.63, 3.8) is 0 Å². The van der Waals surface area contributed by atoms with Crippen molar-refractivity contribution in [2.75, 3.05) is 6.54 Å². The second-order valence-corrected chi connectivity index (χ2v) is 8.62. The summed E-state index contributed by atoms with van der Waals surface area (Å²) in [6.45, 7) is 13.2. The Balaban J connectivity index is 1.95. The van der Waals surface area contributed by atoms with E-state index in [4.69, 9.17) is 0 Å². The predicted octanol–water partition coefficient (Wildman–Crippen LogP) is 2.84. The second-order valence-electron chi connectivity index (χ2n) is 7.51. The van der Waals surface area contributed by atoms with E-state index in [1.54, 1.807) is 16.2 Å². The Labute approximate surface area is 142 Å². The molecule has 5 nitrogen and oxygen atoms in total. The smallest absolute Gasteiger partial charge is 0.225 e. The van der Waals surface area contributed by atoms with Crippen LogP contribution in [0.1, 0.15) is 62.5 Å². The first kappa shape index (κ1) is 17.9. The molecule has 128 valence electrons. The monoisotopic (exact) mass is 337 g/mol. The molecule has 1 saturated heterocycles. The Morgan fingerprint density at radius 2 is 2.09 bits per heavy atom. The van der Waals surface area contributed by atoms with E-state index in [2.05, 4.69) is 24.1 Å². The van der Waals surface area contributed by atoms with Gasteiger partial charge in [0.2, 0.25) is 11.8 Å². The Kier molecular flexibility index (Phi) is 5.14. The summed E-state index contributed by atoms with van der Waals surface area (Å²) in [4.78, 5) is 31.9. The first-order valence-electron chi connectivity index (χ1n) is 8.14. The molecule has 6 heteroatoms. The fourth-order valence-corrected chi connectivity index (χ4v) is 3.71. The number of hydrogen-bond acceptors (Lipinski definition) is 4. The van der Waals surface area contributed by atoms with Gasteiger partial charge in [-0.05, 0) is 27.7 Å². The van der Waals surface area contributed by atoms with Crippen LogP contribution in [0.2, 0.25) is 0 Å². The van der Waals surface area contributed by atoms with Crippen molar-refractivity contribution >= 4 is 23.2 Å². The van der Waals surface area contributed by atoms with E-state index in [-0.39, 0.29) is 23.3 Å². The molecular formula is C17H27N3O2S. The maximum Gasteiger partial charge on any atom is 0.225 e. The minimum Gasteiger partial charge on any atom is -0.351 e. The molecular weight excluding hydrogens is 310 g/mol. The number of aromatic nitrogens is 1. The molecule has 0 aliphatic carbocycles. The van der Waals surface area contributed by atoms with Gasteiger partial charge in [0.05, 0.1) is 23.2 Å². The van der Waals surface area contributed by atoms with Gasteiger partial charge in [-0.2, -0.15) is 0 Å².